The van der Waals surface area contributed by atoms with Crippen LogP contribution in [0, 0.1) is 0 Å². The standard InChI is InChI=1S/C7H7NO.CH3ClO2S/c8-7(9)6-4-2-1-3-5-6;1-5(2,3)4/h1-5H,(H2,8,9);1H3. The molecular weight excluding hydrogens is 226 g/mol. The van der Waals surface area contributed by atoms with Crippen molar-refractivity contribution in [2.45, 2.75) is 0 Å². The molecule has 0 fully saturated rings. The van der Waals surface area contributed by atoms with Gasteiger partial charge in [0.2, 0.25) is 15.0 Å². The van der Waals surface area contributed by atoms with Gasteiger partial charge in [0.05, 0.1) is 6.26 Å². The van der Waals surface area contributed by atoms with Gasteiger partial charge in [0.1, 0.15) is 0 Å². The Morgan fingerprint density at radius 3 is 1.86 bits per heavy atom. The van der Waals surface area contributed by atoms with E-state index in [4.69, 9.17) is 5.73 Å². The summed E-state index contributed by atoms with van der Waals surface area (Å²) >= 11 is 0. The Morgan fingerprint density at radius 2 is 1.64 bits per heavy atom. The van der Waals surface area contributed by atoms with E-state index < -0.39 is 9.05 Å². The Labute approximate surface area is 87.1 Å². The van der Waals surface area contributed by atoms with Crippen LogP contribution in [-0.2, 0) is 9.05 Å². The van der Waals surface area contributed by atoms with Crippen molar-refractivity contribution in [3.8, 4) is 0 Å². The number of halogens is 1. The molecule has 0 radical (unpaired) electrons. The van der Waals surface area contributed by atoms with E-state index in [9.17, 15) is 13.2 Å². The molecule has 1 rings (SSSR count). The first kappa shape index (κ1) is 12.9. The molecule has 0 unspecified atom stereocenters. The quantitative estimate of drug-likeness (QED) is 0.737. The van der Waals surface area contributed by atoms with Crippen LogP contribution in [0.4, 0.5) is 0 Å². The number of carbonyl (C=O) groups excluding carboxylic acids is 1. The van der Waals surface area contributed by atoms with Crippen LogP contribution in [0.25, 0.3) is 0 Å². The molecule has 1 aromatic carbocycles. The normalized spacial score (nSPS) is 9.86. The van der Waals surface area contributed by atoms with E-state index in [2.05, 4.69) is 10.7 Å². The molecule has 0 heterocycles. The lowest BCUT2D eigenvalue weighted by atomic mass is 10.2. The van der Waals surface area contributed by atoms with Crippen LogP contribution < -0.4 is 5.73 Å². The number of amides is 1. The van der Waals surface area contributed by atoms with E-state index in [1.807, 2.05) is 6.07 Å². The molecule has 0 saturated heterocycles. The molecule has 0 saturated carbocycles. The molecule has 14 heavy (non-hydrogen) atoms. The average Bonchev–Trinajstić information content (AvgIpc) is 2.03. The van der Waals surface area contributed by atoms with Crippen molar-refractivity contribution in [1.82, 2.24) is 0 Å². The van der Waals surface area contributed by atoms with Crippen molar-refractivity contribution in [2.24, 2.45) is 5.73 Å². The Morgan fingerprint density at radius 1 is 1.29 bits per heavy atom. The maximum atomic E-state index is 10.4. The highest BCUT2D eigenvalue weighted by Gasteiger charge is 1.93. The summed E-state index contributed by atoms with van der Waals surface area (Å²) in [6.45, 7) is 0. The number of primary amides is 1. The third-order valence-corrected chi connectivity index (χ3v) is 1.06. The van der Waals surface area contributed by atoms with Crippen LogP contribution in [-0.4, -0.2) is 20.6 Å². The van der Waals surface area contributed by atoms with E-state index in [-0.39, 0.29) is 5.91 Å². The van der Waals surface area contributed by atoms with Gasteiger partial charge in [-0.05, 0) is 12.1 Å². The summed E-state index contributed by atoms with van der Waals surface area (Å²) < 4.78 is 18.8. The summed E-state index contributed by atoms with van der Waals surface area (Å²) in [5.74, 6) is -0.379. The number of rotatable bonds is 1. The van der Waals surface area contributed by atoms with Gasteiger partial charge in [-0.1, -0.05) is 18.2 Å². The molecule has 78 valence electrons. The fraction of sp³-hybridized carbons (Fsp3) is 0.125. The highest BCUT2D eigenvalue weighted by molar-refractivity contribution is 8.13. The van der Waals surface area contributed by atoms with Crippen molar-refractivity contribution >= 4 is 25.6 Å². The molecule has 0 aliphatic rings. The van der Waals surface area contributed by atoms with E-state index in [0.29, 0.717) is 5.56 Å². The van der Waals surface area contributed by atoms with Crippen molar-refractivity contribution in [1.29, 1.82) is 0 Å². The molecule has 4 nitrogen and oxygen atoms in total. The fourth-order valence-electron chi connectivity index (χ4n) is 0.602. The summed E-state index contributed by atoms with van der Waals surface area (Å²) in [6, 6.07) is 8.76. The number of benzene rings is 1. The third kappa shape index (κ3) is 9.02. The van der Waals surface area contributed by atoms with E-state index in [1.54, 1.807) is 24.3 Å². The molecule has 6 heteroatoms. The molecule has 0 aliphatic heterocycles. The van der Waals surface area contributed by atoms with Crippen LogP contribution in [0.1, 0.15) is 10.4 Å². The zero-order valence-corrected chi connectivity index (χ0v) is 9.05. The summed E-state index contributed by atoms with van der Waals surface area (Å²) in [5.41, 5.74) is 5.53. The van der Waals surface area contributed by atoms with E-state index >= 15 is 0 Å². The second-order valence-corrected chi connectivity index (χ2v) is 5.46. The highest BCUT2D eigenvalue weighted by Crippen LogP contribution is 1.94. The van der Waals surface area contributed by atoms with Gasteiger partial charge in [-0.25, -0.2) is 8.42 Å². The lowest BCUT2D eigenvalue weighted by Crippen LogP contribution is -2.09. The van der Waals surface area contributed by atoms with Gasteiger partial charge in [-0.2, -0.15) is 0 Å². The van der Waals surface area contributed by atoms with Crippen LogP contribution in [0.5, 0.6) is 0 Å². The number of carbonyl (C=O) groups is 1. The maximum absolute atomic E-state index is 10.4. The van der Waals surface area contributed by atoms with Crippen LogP contribution in [0.2, 0.25) is 0 Å². The van der Waals surface area contributed by atoms with Gasteiger partial charge in [-0.3, -0.25) is 4.79 Å². The monoisotopic (exact) mass is 235 g/mol. The van der Waals surface area contributed by atoms with Crippen molar-refractivity contribution in [2.75, 3.05) is 6.26 Å². The van der Waals surface area contributed by atoms with Crippen molar-refractivity contribution < 1.29 is 13.2 Å². The summed E-state index contributed by atoms with van der Waals surface area (Å²) in [5, 5.41) is 0. The number of hydrogen-bond acceptors (Lipinski definition) is 3. The van der Waals surface area contributed by atoms with Gasteiger partial charge >= 0.3 is 0 Å². The first-order valence-corrected chi connectivity index (χ1v) is 6.27. The Balaban J connectivity index is 0.000000292. The number of hydrogen-bond donors (Lipinski definition) is 1. The molecule has 0 atom stereocenters. The second kappa shape index (κ2) is 5.62. The molecule has 0 aromatic heterocycles. The lowest BCUT2D eigenvalue weighted by molar-refractivity contribution is 0.100. The van der Waals surface area contributed by atoms with Crippen LogP contribution >= 0.6 is 10.7 Å². The van der Waals surface area contributed by atoms with E-state index in [0.717, 1.165) is 6.26 Å². The van der Waals surface area contributed by atoms with E-state index in [1.165, 1.54) is 0 Å². The zero-order valence-electron chi connectivity index (χ0n) is 7.48. The first-order valence-electron chi connectivity index (χ1n) is 3.55. The minimum absolute atomic E-state index is 0.379. The molecule has 0 spiro atoms. The Bertz CT molecular complexity index is 380. The number of nitrogens with two attached hydrogens (primary N) is 1. The minimum atomic E-state index is -3.19. The summed E-state index contributed by atoms with van der Waals surface area (Å²) in [7, 11) is 1.31. The minimum Gasteiger partial charge on any atom is -0.366 e. The highest BCUT2D eigenvalue weighted by atomic mass is 35.7. The van der Waals surface area contributed by atoms with Crippen LogP contribution in [0.3, 0.4) is 0 Å². The van der Waals surface area contributed by atoms with Crippen molar-refractivity contribution in [3.05, 3.63) is 35.9 Å². The smallest absolute Gasteiger partial charge is 0.248 e. The summed E-state index contributed by atoms with van der Waals surface area (Å²) in [4.78, 5) is 10.4. The van der Waals surface area contributed by atoms with Gasteiger partial charge in [0.15, 0.2) is 0 Å². The predicted molar refractivity (Wildman–Crippen MR) is 55.7 cm³/mol. The molecule has 1 aromatic rings. The van der Waals surface area contributed by atoms with Crippen molar-refractivity contribution in [3.63, 3.8) is 0 Å². The Hall–Kier alpha value is -1.07. The molecule has 0 aliphatic carbocycles. The molecular formula is C8H10ClNO3S. The predicted octanol–water partition coefficient (Wildman–Crippen LogP) is 0.970. The lowest BCUT2D eigenvalue weighted by Gasteiger charge is -1.89. The maximum Gasteiger partial charge on any atom is 0.248 e. The van der Waals surface area contributed by atoms with Gasteiger partial charge in [0, 0.05) is 16.2 Å². The van der Waals surface area contributed by atoms with Gasteiger partial charge < -0.3 is 5.73 Å². The average molecular weight is 236 g/mol. The SMILES string of the molecule is CS(=O)(=O)Cl.NC(=O)c1ccccc1. The topological polar surface area (TPSA) is 77.2 Å². The summed E-state index contributed by atoms with van der Waals surface area (Å²) in [6.07, 6.45) is 0.925. The zero-order chi connectivity index (χ0) is 11.2. The largest absolute Gasteiger partial charge is 0.366 e. The molecule has 1 amide bonds. The molecule has 0 bridgehead atoms. The first-order chi connectivity index (χ1) is 6.30. The Kier molecular flexibility index (Phi) is 5.19. The third-order valence-electron chi connectivity index (χ3n) is 1.06. The fourth-order valence-corrected chi connectivity index (χ4v) is 0.602. The second-order valence-electron chi connectivity index (χ2n) is 2.41. The van der Waals surface area contributed by atoms with Gasteiger partial charge in [-0.15, -0.1) is 0 Å². The molecule has 2 N–H and O–H groups in total. The van der Waals surface area contributed by atoms with Gasteiger partial charge in [0.25, 0.3) is 0 Å². The van der Waals surface area contributed by atoms with Crippen LogP contribution in [0.15, 0.2) is 30.3 Å².